The molecule has 0 spiro atoms. The maximum absolute atomic E-state index is 4.71. The number of nitrogens with zero attached hydrogens (tertiary/aromatic N) is 7. The molecule has 6 rings (SSSR count). The molecule has 43 heavy (non-hydrogen) atoms. The maximum atomic E-state index is 4.71. The molecule has 6 aromatic rings. The summed E-state index contributed by atoms with van der Waals surface area (Å²) in [7, 11) is 0. The second-order valence-corrected chi connectivity index (χ2v) is 12.0. The standard InChI is InChI=1S/C30H30N10S3/c1-4-10-31-22(7-1)25-19-41-28(37-25)34-13-16-40(17-14-35-29-38-26(20-42-29)23-8-2-5-11-32-23)18-15-36-30-39-27(21-43-30)24-9-3-6-12-33-24/h1-12,19-21H,13-18H2,(H,34,37)(H,35,38)(H,36,39). The first-order chi connectivity index (χ1) is 21.3. The second-order valence-electron chi connectivity index (χ2n) is 9.38. The third kappa shape index (κ3) is 8.17. The summed E-state index contributed by atoms with van der Waals surface area (Å²) < 4.78 is 0. The molecule has 10 nitrogen and oxygen atoms in total. The van der Waals surface area contributed by atoms with Crippen molar-refractivity contribution in [1.82, 2.24) is 34.8 Å². The summed E-state index contributed by atoms with van der Waals surface area (Å²) in [5.74, 6) is 0. The highest BCUT2D eigenvalue weighted by molar-refractivity contribution is 7.14. The van der Waals surface area contributed by atoms with Gasteiger partial charge in [-0.25, -0.2) is 15.0 Å². The number of nitrogens with one attached hydrogen (secondary N) is 3. The van der Waals surface area contributed by atoms with Crippen LogP contribution in [0.4, 0.5) is 15.4 Å². The largest absolute Gasteiger partial charge is 0.360 e. The first kappa shape index (κ1) is 28.8. The smallest absolute Gasteiger partial charge is 0.183 e. The molecule has 0 saturated carbocycles. The van der Waals surface area contributed by atoms with Gasteiger partial charge in [0.15, 0.2) is 15.4 Å². The number of rotatable bonds is 15. The Kier molecular flexibility index (Phi) is 9.87. The predicted molar refractivity (Wildman–Crippen MR) is 178 cm³/mol. The monoisotopic (exact) mass is 626 g/mol. The number of hydrogen-bond acceptors (Lipinski definition) is 13. The van der Waals surface area contributed by atoms with Gasteiger partial charge in [0.2, 0.25) is 0 Å². The van der Waals surface area contributed by atoms with Crippen molar-refractivity contribution >= 4 is 49.4 Å². The van der Waals surface area contributed by atoms with Gasteiger partial charge in [0, 0.05) is 74.0 Å². The van der Waals surface area contributed by atoms with E-state index in [9.17, 15) is 0 Å². The van der Waals surface area contributed by atoms with Crippen LogP contribution < -0.4 is 16.0 Å². The summed E-state index contributed by atoms with van der Waals surface area (Å²) in [5.41, 5.74) is 5.31. The van der Waals surface area contributed by atoms with Gasteiger partial charge in [0.1, 0.15) is 17.1 Å². The van der Waals surface area contributed by atoms with Crippen LogP contribution in [0.15, 0.2) is 89.3 Å². The Balaban J connectivity index is 1.02. The summed E-state index contributed by atoms with van der Waals surface area (Å²) in [6.07, 6.45) is 5.37. The van der Waals surface area contributed by atoms with Gasteiger partial charge in [-0.05, 0) is 36.4 Å². The van der Waals surface area contributed by atoms with E-state index < -0.39 is 0 Å². The van der Waals surface area contributed by atoms with Crippen LogP contribution in [0.5, 0.6) is 0 Å². The minimum Gasteiger partial charge on any atom is -0.360 e. The fourth-order valence-electron chi connectivity index (χ4n) is 4.26. The van der Waals surface area contributed by atoms with E-state index in [1.807, 2.05) is 70.7 Å². The summed E-state index contributed by atoms with van der Waals surface area (Å²) >= 11 is 4.79. The topological polar surface area (TPSA) is 117 Å². The molecule has 0 aliphatic rings. The van der Waals surface area contributed by atoms with E-state index in [1.54, 1.807) is 52.6 Å². The number of hydrogen-bond donors (Lipinski definition) is 3. The van der Waals surface area contributed by atoms with Crippen molar-refractivity contribution in [3.8, 4) is 34.2 Å². The number of pyridine rings is 3. The fourth-order valence-corrected chi connectivity index (χ4v) is 6.46. The zero-order valence-electron chi connectivity index (χ0n) is 23.3. The SMILES string of the molecule is c1ccc(-c2csc(NCCN(CCNc3nc(-c4ccccn4)cs3)CCNc3nc(-c4ccccn4)cs3)n2)nc1. The first-order valence-electron chi connectivity index (χ1n) is 13.8. The molecular formula is C30H30N10S3. The molecule has 218 valence electrons. The molecular weight excluding hydrogens is 597 g/mol. The minimum absolute atomic E-state index is 0.775. The highest BCUT2D eigenvalue weighted by Gasteiger charge is 2.11. The van der Waals surface area contributed by atoms with Crippen molar-refractivity contribution in [3.63, 3.8) is 0 Å². The van der Waals surface area contributed by atoms with Crippen molar-refractivity contribution < 1.29 is 0 Å². The average Bonchev–Trinajstić information content (AvgIpc) is 3.84. The maximum Gasteiger partial charge on any atom is 0.183 e. The number of aromatic nitrogens is 6. The lowest BCUT2D eigenvalue weighted by Crippen LogP contribution is -2.36. The average molecular weight is 627 g/mol. The van der Waals surface area contributed by atoms with E-state index in [0.29, 0.717) is 0 Å². The van der Waals surface area contributed by atoms with Crippen LogP contribution in [0, 0.1) is 0 Å². The van der Waals surface area contributed by atoms with Crippen LogP contribution in [-0.2, 0) is 0 Å². The van der Waals surface area contributed by atoms with Crippen LogP contribution in [-0.4, -0.2) is 74.1 Å². The summed E-state index contributed by atoms with van der Waals surface area (Å²) in [5, 5.41) is 19.3. The summed E-state index contributed by atoms with van der Waals surface area (Å²) in [6.45, 7) is 4.90. The highest BCUT2D eigenvalue weighted by Crippen LogP contribution is 2.25. The molecule has 13 heteroatoms. The van der Waals surface area contributed by atoms with Crippen LogP contribution in [0.3, 0.4) is 0 Å². The molecule has 0 aliphatic carbocycles. The molecule has 0 unspecified atom stereocenters. The van der Waals surface area contributed by atoms with Crippen LogP contribution in [0.1, 0.15) is 0 Å². The molecule has 3 N–H and O–H groups in total. The van der Waals surface area contributed by atoms with E-state index in [2.05, 4.69) is 35.8 Å². The van der Waals surface area contributed by atoms with Crippen LogP contribution >= 0.6 is 34.0 Å². The van der Waals surface area contributed by atoms with Gasteiger partial charge in [-0.15, -0.1) is 34.0 Å². The van der Waals surface area contributed by atoms with Gasteiger partial charge in [0.05, 0.1) is 17.1 Å². The van der Waals surface area contributed by atoms with Crippen molar-refractivity contribution in [2.45, 2.75) is 0 Å². The van der Waals surface area contributed by atoms with E-state index in [-0.39, 0.29) is 0 Å². The molecule has 0 fully saturated rings. The number of thiazole rings is 3. The molecule has 0 aliphatic heterocycles. The van der Waals surface area contributed by atoms with Gasteiger partial charge >= 0.3 is 0 Å². The van der Waals surface area contributed by atoms with Crippen molar-refractivity contribution in [2.24, 2.45) is 0 Å². The van der Waals surface area contributed by atoms with Gasteiger partial charge in [-0.2, -0.15) is 0 Å². The molecule has 0 aromatic carbocycles. The van der Waals surface area contributed by atoms with E-state index in [1.165, 1.54) is 0 Å². The van der Waals surface area contributed by atoms with Crippen molar-refractivity contribution in [2.75, 3.05) is 55.2 Å². The van der Waals surface area contributed by atoms with Crippen LogP contribution in [0.25, 0.3) is 34.2 Å². The van der Waals surface area contributed by atoms with E-state index >= 15 is 0 Å². The molecule has 0 saturated heterocycles. The van der Waals surface area contributed by atoms with Gasteiger partial charge in [-0.1, -0.05) is 18.2 Å². The molecule has 6 aromatic heterocycles. The zero-order chi connectivity index (χ0) is 29.1. The Hall–Kier alpha value is -4.30. The third-order valence-electron chi connectivity index (χ3n) is 6.41. The molecule has 0 amide bonds. The fraction of sp³-hybridized carbons (Fsp3) is 0.200. The zero-order valence-corrected chi connectivity index (χ0v) is 25.7. The Labute approximate surface area is 262 Å². The third-order valence-corrected chi connectivity index (χ3v) is 8.81. The highest BCUT2D eigenvalue weighted by atomic mass is 32.1. The molecule has 0 bridgehead atoms. The normalized spacial score (nSPS) is 11.1. The van der Waals surface area contributed by atoms with Gasteiger partial charge in [0.25, 0.3) is 0 Å². The Morgan fingerprint density at radius 2 is 0.814 bits per heavy atom. The van der Waals surface area contributed by atoms with Gasteiger partial charge in [-0.3, -0.25) is 19.9 Å². The quantitative estimate of drug-likeness (QED) is 0.122. The predicted octanol–water partition coefficient (Wildman–Crippen LogP) is 6.18. The lowest BCUT2D eigenvalue weighted by Gasteiger charge is -2.22. The first-order valence-corrected chi connectivity index (χ1v) is 16.5. The Bertz CT molecular complexity index is 1470. The van der Waals surface area contributed by atoms with E-state index in [0.717, 1.165) is 88.8 Å². The molecule has 6 heterocycles. The lowest BCUT2D eigenvalue weighted by atomic mass is 10.3. The van der Waals surface area contributed by atoms with Crippen molar-refractivity contribution in [3.05, 3.63) is 89.3 Å². The Morgan fingerprint density at radius 1 is 0.465 bits per heavy atom. The Morgan fingerprint density at radius 3 is 1.12 bits per heavy atom. The summed E-state index contributed by atoms with van der Waals surface area (Å²) in [6, 6.07) is 17.6. The molecule has 0 atom stereocenters. The van der Waals surface area contributed by atoms with Gasteiger partial charge < -0.3 is 16.0 Å². The summed E-state index contributed by atoms with van der Waals surface area (Å²) in [4.78, 5) is 29.8. The van der Waals surface area contributed by atoms with E-state index in [4.69, 9.17) is 15.0 Å². The lowest BCUT2D eigenvalue weighted by molar-refractivity contribution is 0.306. The van der Waals surface area contributed by atoms with Crippen molar-refractivity contribution in [1.29, 1.82) is 0 Å². The van der Waals surface area contributed by atoms with Crippen LogP contribution in [0.2, 0.25) is 0 Å². The number of anilines is 3. The minimum atomic E-state index is 0.775. The second kappa shape index (κ2) is 14.7. The molecule has 0 radical (unpaired) electrons.